The Bertz CT molecular complexity index is 539. The van der Waals surface area contributed by atoms with Gasteiger partial charge in [0, 0.05) is 21.2 Å². The minimum Gasteiger partial charge on any atom is -0.309 e. The van der Waals surface area contributed by atoms with Crippen molar-refractivity contribution in [3.63, 3.8) is 0 Å². The predicted molar refractivity (Wildman–Crippen MR) is 92.5 cm³/mol. The second kappa shape index (κ2) is 7.87. The van der Waals surface area contributed by atoms with Gasteiger partial charge >= 0.3 is 0 Å². The van der Waals surface area contributed by atoms with Crippen molar-refractivity contribution in [2.75, 3.05) is 12.3 Å². The lowest BCUT2D eigenvalue weighted by Gasteiger charge is -2.18. The van der Waals surface area contributed by atoms with Crippen LogP contribution in [0.2, 0.25) is 0 Å². The molecule has 1 N–H and O–H groups in total. The molecule has 0 saturated heterocycles. The molecule has 0 aliphatic heterocycles. The van der Waals surface area contributed by atoms with Gasteiger partial charge in [0.25, 0.3) is 0 Å². The van der Waals surface area contributed by atoms with Crippen LogP contribution in [0.5, 0.6) is 0 Å². The summed E-state index contributed by atoms with van der Waals surface area (Å²) in [6.45, 7) is 5.27. The molecule has 3 heteroatoms. The van der Waals surface area contributed by atoms with E-state index in [4.69, 9.17) is 0 Å². The molecule has 0 fully saturated rings. The van der Waals surface area contributed by atoms with Crippen LogP contribution in [0.15, 0.2) is 57.9 Å². The van der Waals surface area contributed by atoms with E-state index >= 15 is 0 Å². The van der Waals surface area contributed by atoms with Crippen molar-refractivity contribution in [1.82, 2.24) is 5.32 Å². The van der Waals surface area contributed by atoms with E-state index < -0.39 is 0 Å². The van der Waals surface area contributed by atoms with Crippen LogP contribution in [-0.2, 0) is 0 Å². The normalized spacial score (nSPS) is 12.3. The molecule has 20 heavy (non-hydrogen) atoms. The Balaban J connectivity index is 2.04. The third kappa shape index (κ3) is 4.65. The smallest absolute Gasteiger partial charge is 0.0415 e. The number of benzene rings is 2. The summed E-state index contributed by atoms with van der Waals surface area (Å²) in [5.74, 6) is 1.04. The third-order valence-corrected chi connectivity index (χ3v) is 4.72. The van der Waals surface area contributed by atoms with Gasteiger partial charge in [-0.05, 0) is 37.2 Å². The molecule has 2 aromatic carbocycles. The third-order valence-electron chi connectivity index (χ3n) is 3.14. The van der Waals surface area contributed by atoms with E-state index in [1.165, 1.54) is 16.0 Å². The molecule has 0 spiro atoms. The van der Waals surface area contributed by atoms with Crippen LogP contribution >= 0.6 is 27.7 Å². The quantitative estimate of drug-likeness (QED) is 0.719. The summed E-state index contributed by atoms with van der Waals surface area (Å²) in [6.07, 6.45) is 0. The summed E-state index contributed by atoms with van der Waals surface area (Å²) >= 11 is 5.41. The van der Waals surface area contributed by atoms with Gasteiger partial charge in [-0.25, -0.2) is 0 Å². The SMILES string of the molecule is CCNC(CSc1cccc(Br)c1)c1ccc(C)cc1. The fourth-order valence-corrected chi connectivity index (χ4v) is 3.66. The first-order chi connectivity index (χ1) is 9.69. The molecule has 2 aromatic rings. The van der Waals surface area contributed by atoms with E-state index in [2.05, 4.69) is 83.6 Å². The molecule has 1 atom stereocenters. The number of hydrogen-bond donors (Lipinski definition) is 1. The molecular formula is C17H20BrNS. The fourth-order valence-electron chi connectivity index (χ4n) is 2.05. The fraction of sp³-hybridized carbons (Fsp3) is 0.294. The van der Waals surface area contributed by atoms with Gasteiger partial charge < -0.3 is 5.32 Å². The minimum atomic E-state index is 0.393. The minimum absolute atomic E-state index is 0.393. The van der Waals surface area contributed by atoms with Crippen LogP contribution in [0.1, 0.15) is 24.1 Å². The van der Waals surface area contributed by atoms with E-state index in [1.54, 1.807) is 0 Å². The summed E-state index contributed by atoms with van der Waals surface area (Å²) in [5, 5.41) is 3.57. The maximum atomic E-state index is 3.57. The molecule has 0 aliphatic carbocycles. The number of rotatable bonds is 6. The molecule has 0 radical (unpaired) electrons. The summed E-state index contributed by atoms with van der Waals surface area (Å²) < 4.78 is 1.14. The molecule has 0 aliphatic rings. The number of halogens is 1. The maximum absolute atomic E-state index is 3.57. The Morgan fingerprint density at radius 2 is 1.90 bits per heavy atom. The van der Waals surface area contributed by atoms with Crippen molar-refractivity contribution in [1.29, 1.82) is 0 Å². The highest BCUT2D eigenvalue weighted by Crippen LogP contribution is 2.27. The Morgan fingerprint density at radius 1 is 1.15 bits per heavy atom. The van der Waals surface area contributed by atoms with Crippen molar-refractivity contribution in [3.8, 4) is 0 Å². The summed E-state index contributed by atoms with van der Waals surface area (Å²) in [6, 6.07) is 17.7. The first-order valence-electron chi connectivity index (χ1n) is 6.87. The lowest BCUT2D eigenvalue weighted by molar-refractivity contribution is 0.606. The average molecular weight is 350 g/mol. The van der Waals surface area contributed by atoms with Gasteiger partial charge in [0.2, 0.25) is 0 Å². The van der Waals surface area contributed by atoms with Crippen LogP contribution in [0, 0.1) is 6.92 Å². The first-order valence-corrected chi connectivity index (χ1v) is 8.65. The number of aryl methyl sites for hydroxylation is 1. The van der Waals surface area contributed by atoms with E-state index in [0.29, 0.717) is 6.04 Å². The van der Waals surface area contributed by atoms with E-state index in [1.807, 2.05) is 11.8 Å². The van der Waals surface area contributed by atoms with Crippen LogP contribution in [0.3, 0.4) is 0 Å². The Labute approximate surface area is 134 Å². The van der Waals surface area contributed by atoms with Gasteiger partial charge in [0.1, 0.15) is 0 Å². The van der Waals surface area contributed by atoms with Gasteiger partial charge in [-0.3, -0.25) is 0 Å². The van der Waals surface area contributed by atoms with Crippen LogP contribution in [-0.4, -0.2) is 12.3 Å². The molecule has 106 valence electrons. The first kappa shape index (κ1) is 15.6. The van der Waals surface area contributed by atoms with E-state index in [0.717, 1.165) is 16.8 Å². The van der Waals surface area contributed by atoms with Crippen LogP contribution < -0.4 is 5.32 Å². The van der Waals surface area contributed by atoms with Crippen LogP contribution in [0.25, 0.3) is 0 Å². The van der Waals surface area contributed by atoms with Crippen molar-refractivity contribution < 1.29 is 0 Å². The highest BCUT2D eigenvalue weighted by atomic mass is 79.9. The predicted octanol–water partition coefficient (Wildman–Crippen LogP) is 5.20. The van der Waals surface area contributed by atoms with E-state index in [-0.39, 0.29) is 0 Å². The largest absolute Gasteiger partial charge is 0.309 e. The van der Waals surface area contributed by atoms with Gasteiger partial charge in [-0.15, -0.1) is 11.8 Å². The standard InChI is InChI=1S/C17H20BrNS/c1-3-19-17(14-9-7-13(2)8-10-14)12-20-16-6-4-5-15(18)11-16/h4-11,17,19H,3,12H2,1-2H3. The van der Waals surface area contributed by atoms with Crippen LogP contribution in [0.4, 0.5) is 0 Å². The zero-order chi connectivity index (χ0) is 14.4. The molecule has 1 unspecified atom stereocenters. The highest BCUT2D eigenvalue weighted by Gasteiger charge is 2.10. The number of thioether (sulfide) groups is 1. The Morgan fingerprint density at radius 3 is 2.55 bits per heavy atom. The molecule has 1 nitrogen and oxygen atoms in total. The topological polar surface area (TPSA) is 12.0 Å². The Kier molecular flexibility index (Phi) is 6.14. The molecule has 0 aromatic heterocycles. The summed E-state index contributed by atoms with van der Waals surface area (Å²) in [7, 11) is 0. The second-order valence-electron chi connectivity index (χ2n) is 4.79. The molecule has 0 bridgehead atoms. The summed E-state index contributed by atoms with van der Waals surface area (Å²) in [4.78, 5) is 1.30. The van der Waals surface area contributed by atoms with Crippen molar-refractivity contribution >= 4 is 27.7 Å². The molecule has 0 heterocycles. The van der Waals surface area contributed by atoms with Crippen molar-refractivity contribution in [2.24, 2.45) is 0 Å². The van der Waals surface area contributed by atoms with Crippen molar-refractivity contribution in [2.45, 2.75) is 24.8 Å². The lowest BCUT2D eigenvalue weighted by atomic mass is 10.1. The lowest BCUT2D eigenvalue weighted by Crippen LogP contribution is -2.22. The van der Waals surface area contributed by atoms with Gasteiger partial charge in [0.05, 0.1) is 0 Å². The maximum Gasteiger partial charge on any atom is 0.0415 e. The number of nitrogens with one attached hydrogen (secondary N) is 1. The number of hydrogen-bond acceptors (Lipinski definition) is 2. The molecule has 2 rings (SSSR count). The zero-order valence-corrected chi connectivity index (χ0v) is 14.3. The highest BCUT2D eigenvalue weighted by molar-refractivity contribution is 9.10. The second-order valence-corrected chi connectivity index (χ2v) is 6.80. The van der Waals surface area contributed by atoms with Gasteiger partial charge in [0.15, 0.2) is 0 Å². The van der Waals surface area contributed by atoms with Crippen molar-refractivity contribution in [3.05, 3.63) is 64.1 Å². The van der Waals surface area contributed by atoms with Gasteiger partial charge in [-0.1, -0.05) is 58.7 Å². The summed E-state index contributed by atoms with van der Waals surface area (Å²) in [5.41, 5.74) is 2.67. The average Bonchev–Trinajstić information content (AvgIpc) is 2.44. The molecule has 0 amide bonds. The molecular weight excluding hydrogens is 330 g/mol. The monoisotopic (exact) mass is 349 g/mol. The Hall–Kier alpha value is -0.770. The zero-order valence-electron chi connectivity index (χ0n) is 11.9. The van der Waals surface area contributed by atoms with Gasteiger partial charge in [-0.2, -0.15) is 0 Å². The molecule has 0 saturated carbocycles. The van der Waals surface area contributed by atoms with E-state index in [9.17, 15) is 0 Å².